The first-order valence-corrected chi connectivity index (χ1v) is 7.70. The van der Waals surface area contributed by atoms with Gasteiger partial charge in [-0.3, -0.25) is 4.79 Å². The number of hydrogen-bond donors (Lipinski definition) is 2. The van der Waals surface area contributed by atoms with E-state index in [1.807, 2.05) is 0 Å². The van der Waals surface area contributed by atoms with Crippen LogP contribution in [0.1, 0.15) is 17.5 Å². The van der Waals surface area contributed by atoms with Gasteiger partial charge in [0.25, 0.3) is 0 Å². The van der Waals surface area contributed by atoms with E-state index in [1.54, 1.807) is 19.1 Å². The van der Waals surface area contributed by atoms with Crippen LogP contribution in [0.4, 0.5) is 13.2 Å². The Hall–Kier alpha value is -1.51. The number of alkyl halides is 3. The molecule has 0 aliphatic carbocycles. The monoisotopic (exact) mass is 382 g/mol. The van der Waals surface area contributed by atoms with Crippen molar-refractivity contribution in [3.8, 4) is 5.75 Å². The molecule has 1 saturated heterocycles. The van der Waals surface area contributed by atoms with Gasteiger partial charge in [0.2, 0.25) is 5.91 Å². The number of nitrogens with one attached hydrogen (secondary N) is 2. The Labute approximate surface area is 150 Å². The van der Waals surface area contributed by atoms with Crippen LogP contribution in [-0.2, 0) is 16.1 Å². The first-order valence-electron chi connectivity index (χ1n) is 7.70. The molecular formula is C16H22ClF3N2O3. The highest BCUT2D eigenvalue weighted by atomic mass is 35.5. The fourth-order valence-corrected chi connectivity index (χ4v) is 2.34. The van der Waals surface area contributed by atoms with Crippen LogP contribution >= 0.6 is 12.4 Å². The largest absolute Gasteiger partial charge is 0.484 e. The van der Waals surface area contributed by atoms with Gasteiger partial charge < -0.3 is 20.1 Å². The standard InChI is InChI=1S/C16H21F3N2O3.ClH/c1-11-2-3-12(14(6-11)24-10-16(17,18)19)8-21-15(22)7-13-9-23-5-4-20-13;/h2-3,6,13,20H,4-5,7-10H2,1H3,(H,21,22);1H. The molecule has 0 aromatic heterocycles. The first kappa shape index (κ1) is 21.5. The van der Waals surface area contributed by atoms with Crippen LogP contribution < -0.4 is 15.4 Å². The third-order valence-corrected chi connectivity index (χ3v) is 3.52. The lowest BCUT2D eigenvalue weighted by molar-refractivity contribution is -0.153. The van der Waals surface area contributed by atoms with Crippen LogP contribution in [0.2, 0.25) is 0 Å². The molecule has 1 aromatic rings. The molecule has 1 aliphatic rings. The maximum absolute atomic E-state index is 12.3. The fourth-order valence-electron chi connectivity index (χ4n) is 2.34. The minimum atomic E-state index is -4.41. The number of amides is 1. The molecule has 1 aliphatic heterocycles. The maximum atomic E-state index is 12.3. The second-order valence-corrected chi connectivity index (χ2v) is 5.72. The Morgan fingerprint density at radius 3 is 2.84 bits per heavy atom. The van der Waals surface area contributed by atoms with Gasteiger partial charge in [-0.15, -0.1) is 12.4 Å². The number of morpholine rings is 1. The van der Waals surface area contributed by atoms with E-state index >= 15 is 0 Å². The van der Waals surface area contributed by atoms with E-state index in [9.17, 15) is 18.0 Å². The number of carbonyl (C=O) groups excluding carboxylic acids is 1. The molecule has 1 heterocycles. The number of carbonyl (C=O) groups is 1. The number of benzene rings is 1. The van der Waals surface area contributed by atoms with E-state index in [1.165, 1.54) is 6.07 Å². The van der Waals surface area contributed by atoms with Gasteiger partial charge in [-0.25, -0.2) is 0 Å². The Morgan fingerprint density at radius 2 is 2.20 bits per heavy atom. The zero-order chi connectivity index (χ0) is 17.6. The van der Waals surface area contributed by atoms with Crippen molar-refractivity contribution in [3.63, 3.8) is 0 Å². The molecule has 142 valence electrons. The lowest BCUT2D eigenvalue weighted by atomic mass is 10.1. The van der Waals surface area contributed by atoms with E-state index in [0.29, 0.717) is 25.3 Å². The zero-order valence-electron chi connectivity index (χ0n) is 13.8. The highest BCUT2D eigenvalue weighted by Crippen LogP contribution is 2.23. The SMILES string of the molecule is Cc1ccc(CNC(=O)CC2COCCN2)c(OCC(F)(F)F)c1.Cl. The molecule has 0 saturated carbocycles. The van der Waals surface area contributed by atoms with Gasteiger partial charge in [0.1, 0.15) is 5.75 Å². The summed E-state index contributed by atoms with van der Waals surface area (Å²) in [5, 5.41) is 5.88. The van der Waals surface area contributed by atoms with Crippen LogP contribution in [0, 0.1) is 6.92 Å². The summed E-state index contributed by atoms with van der Waals surface area (Å²) in [7, 11) is 0. The first-order chi connectivity index (χ1) is 11.3. The fraction of sp³-hybridized carbons (Fsp3) is 0.562. The van der Waals surface area contributed by atoms with Gasteiger partial charge in [-0.1, -0.05) is 12.1 Å². The van der Waals surface area contributed by atoms with Crippen molar-refractivity contribution in [1.29, 1.82) is 0 Å². The lowest BCUT2D eigenvalue weighted by Crippen LogP contribution is -2.44. The van der Waals surface area contributed by atoms with Gasteiger partial charge in [0.05, 0.1) is 13.2 Å². The predicted octanol–water partition coefficient (Wildman–Crippen LogP) is 2.35. The molecule has 2 rings (SSSR count). The predicted molar refractivity (Wildman–Crippen MR) is 89.1 cm³/mol. The van der Waals surface area contributed by atoms with Crippen LogP contribution in [0.25, 0.3) is 0 Å². The minimum absolute atomic E-state index is 0. The molecule has 0 bridgehead atoms. The average molecular weight is 383 g/mol. The van der Waals surface area contributed by atoms with Crippen molar-refractivity contribution in [2.45, 2.75) is 32.1 Å². The van der Waals surface area contributed by atoms with Gasteiger partial charge >= 0.3 is 6.18 Å². The van der Waals surface area contributed by atoms with Crippen molar-refractivity contribution in [2.75, 3.05) is 26.4 Å². The number of rotatable bonds is 6. The highest BCUT2D eigenvalue weighted by Gasteiger charge is 2.28. The number of aryl methyl sites for hydroxylation is 1. The van der Waals surface area contributed by atoms with E-state index < -0.39 is 12.8 Å². The maximum Gasteiger partial charge on any atom is 0.422 e. The molecule has 1 fully saturated rings. The topological polar surface area (TPSA) is 59.6 Å². The second-order valence-electron chi connectivity index (χ2n) is 5.72. The average Bonchev–Trinajstić information content (AvgIpc) is 2.52. The molecule has 5 nitrogen and oxygen atoms in total. The Bertz CT molecular complexity index is 564. The lowest BCUT2D eigenvalue weighted by Gasteiger charge is -2.23. The quantitative estimate of drug-likeness (QED) is 0.793. The van der Waals surface area contributed by atoms with Gasteiger partial charge in [-0.2, -0.15) is 13.2 Å². The van der Waals surface area contributed by atoms with Crippen LogP contribution in [0.3, 0.4) is 0 Å². The van der Waals surface area contributed by atoms with Crippen LogP contribution in [0.5, 0.6) is 5.75 Å². The van der Waals surface area contributed by atoms with Crippen LogP contribution in [-0.4, -0.2) is 44.5 Å². The highest BCUT2D eigenvalue weighted by molar-refractivity contribution is 5.85. The molecule has 9 heteroatoms. The molecular weight excluding hydrogens is 361 g/mol. The molecule has 1 aromatic carbocycles. The molecule has 2 N–H and O–H groups in total. The summed E-state index contributed by atoms with van der Waals surface area (Å²) >= 11 is 0. The molecule has 1 atom stereocenters. The van der Waals surface area contributed by atoms with E-state index in [2.05, 4.69) is 10.6 Å². The molecule has 1 unspecified atom stereocenters. The summed E-state index contributed by atoms with van der Waals surface area (Å²) in [5.74, 6) is -0.0629. The third-order valence-electron chi connectivity index (χ3n) is 3.52. The van der Waals surface area contributed by atoms with Crippen molar-refractivity contribution >= 4 is 18.3 Å². The molecule has 0 spiro atoms. The summed E-state index contributed by atoms with van der Waals surface area (Å²) in [6, 6.07) is 4.91. The van der Waals surface area contributed by atoms with Crippen molar-refractivity contribution in [2.24, 2.45) is 0 Å². The summed E-state index contributed by atoms with van der Waals surface area (Å²) in [5.41, 5.74) is 1.29. The van der Waals surface area contributed by atoms with E-state index in [-0.39, 0.29) is 43.1 Å². The normalized spacial score (nSPS) is 17.5. The Morgan fingerprint density at radius 1 is 1.44 bits per heavy atom. The molecule has 0 radical (unpaired) electrons. The molecule has 1 amide bonds. The van der Waals surface area contributed by atoms with Gasteiger partial charge in [0.15, 0.2) is 6.61 Å². The van der Waals surface area contributed by atoms with Crippen molar-refractivity contribution < 1.29 is 27.4 Å². The molecule has 25 heavy (non-hydrogen) atoms. The van der Waals surface area contributed by atoms with Gasteiger partial charge in [-0.05, 0) is 18.6 Å². The minimum Gasteiger partial charge on any atom is -0.484 e. The smallest absolute Gasteiger partial charge is 0.422 e. The number of halogens is 4. The zero-order valence-corrected chi connectivity index (χ0v) is 14.6. The van der Waals surface area contributed by atoms with E-state index in [0.717, 1.165) is 5.56 Å². The Balaban J connectivity index is 0.00000312. The Kier molecular flexibility index (Phi) is 8.47. The summed E-state index contributed by atoms with van der Waals surface area (Å²) in [4.78, 5) is 12.0. The van der Waals surface area contributed by atoms with E-state index in [4.69, 9.17) is 9.47 Å². The number of hydrogen-bond acceptors (Lipinski definition) is 4. The second kappa shape index (κ2) is 9.84. The summed E-state index contributed by atoms with van der Waals surface area (Å²) in [6.45, 7) is 2.31. The third kappa shape index (κ3) is 7.94. The summed E-state index contributed by atoms with van der Waals surface area (Å²) < 4.78 is 47.1. The van der Waals surface area contributed by atoms with Crippen molar-refractivity contribution in [1.82, 2.24) is 10.6 Å². The number of ether oxygens (including phenoxy) is 2. The van der Waals surface area contributed by atoms with Crippen molar-refractivity contribution in [3.05, 3.63) is 29.3 Å². The van der Waals surface area contributed by atoms with Crippen LogP contribution in [0.15, 0.2) is 18.2 Å². The van der Waals surface area contributed by atoms with Gasteiger partial charge in [0, 0.05) is 31.1 Å². The summed E-state index contributed by atoms with van der Waals surface area (Å²) in [6.07, 6.45) is -4.15.